The van der Waals surface area contributed by atoms with E-state index in [-0.39, 0.29) is 16.9 Å². The highest BCUT2D eigenvalue weighted by atomic mass is 16.3. The molecular formula is C19H27NO. The van der Waals surface area contributed by atoms with Crippen LogP contribution in [0.3, 0.4) is 0 Å². The lowest BCUT2D eigenvalue weighted by Gasteiger charge is -2.55. The van der Waals surface area contributed by atoms with Crippen molar-refractivity contribution in [2.24, 2.45) is 28.6 Å². The molecule has 0 heterocycles. The molecule has 2 saturated carbocycles. The Bertz CT molecular complexity index is 548. The van der Waals surface area contributed by atoms with Crippen LogP contribution in [0.25, 0.3) is 0 Å². The number of aliphatic hydroxyl groups is 1. The van der Waals surface area contributed by atoms with Crippen LogP contribution in [-0.4, -0.2) is 16.9 Å². The van der Waals surface area contributed by atoms with E-state index in [1.54, 1.807) is 0 Å². The highest BCUT2D eigenvalue weighted by molar-refractivity contribution is 5.95. The Hall–Kier alpha value is -0.890. The number of fused-ring (bicyclic) bond motifs is 5. The van der Waals surface area contributed by atoms with Gasteiger partial charge in [0.15, 0.2) is 0 Å². The van der Waals surface area contributed by atoms with Crippen LogP contribution in [0.4, 0.5) is 0 Å². The van der Waals surface area contributed by atoms with Gasteiger partial charge in [-0.3, -0.25) is 0 Å². The molecule has 0 spiro atoms. The Morgan fingerprint density at radius 3 is 2.81 bits per heavy atom. The average molecular weight is 285 g/mol. The van der Waals surface area contributed by atoms with Crippen LogP contribution in [0, 0.1) is 34.0 Å². The number of allylic oxidation sites excluding steroid dienone is 4. The van der Waals surface area contributed by atoms with E-state index in [4.69, 9.17) is 5.41 Å². The number of hydrogen-bond donors (Lipinski definition) is 2. The summed E-state index contributed by atoms with van der Waals surface area (Å²) in [5.74, 6) is 2.13. The fraction of sp³-hybridized carbons (Fsp3) is 0.737. The van der Waals surface area contributed by atoms with Crippen molar-refractivity contribution in [3.8, 4) is 0 Å². The average Bonchev–Trinajstić information content (AvgIpc) is 2.76. The van der Waals surface area contributed by atoms with E-state index in [9.17, 15) is 5.11 Å². The molecule has 2 fully saturated rings. The monoisotopic (exact) mass is 285 g/mol. The van der Waals surface area contributed by atoms with Gasteiger partial charge in [0.25, 0.3) is 0 Å². The highest BCUT2D eigenvalue weighted by Gasteiger charge is 2.57. The van der Waals surface area contributed by atoms with E-state index in [1.807, 2.05) is 6.08 Å². The summed E-state index contributed by atoms with van der Waals surface area (Å²) in [6.45, 7) is 4.73. The third-order valence-electron chi connectivity index (χ3n) is 7.50. The van der Waals surface area contributed by atoms with Crippen LogP contribution in [0.15, 0.2) is 23.8 Å². The van der Waals surface area contributed by atoms with Crippen molar-refractivity contribution < 1.29 is 5.11 Å². The Balaban J connectivity index is 1.72. The van der Waals surface area contributed by atoms with Crippen LogP contribution in [0.2, 0.25) is 0 Å². The standard InChI is InChI=1S/C19H27NO/c1-18-9-7-13(20)11-12(18)3-4-14-15-5-6-17(21)19(15,2)10-8-16(14)18/h3,7,9,14-17,20-21H,4-6,8,10-11H2,1-2H3/t14-,15-,16+,17?,18-,19-/m0/s1. The topological polar surface area (TPSA) is 44.1 Å². The quantitative estimate of drug-likeness (QED) is 0.646. The first-order chi connectivity index (χ1) is 9.95. The van der Waals surface area contributed by atoms with Gasteiger partial charge >= 0.3 is 0 Å². The first kappa shape index (κ1) is 13.8. The lowest BCUT2D eigenvalue weighted by molar-refractivity contribution is -0.0535. The zero-order valence-corrected chi connectivity index (χ0v) is 13.2. The van der Waals surface area contributed by atoms with E-state index < -0.39 is 0 Å². The molecule has 2 nitrogen and oxygen atoms in total. The summed E-state index contributed by atoms with van der Waals surface area (Å²) in [6, 6.07) is 0. The van der Waals surface area contributed by atoms with Crippen LogP contribution >= 0.6 is 0 Å². The zero-order valence-electron chi connectivity index (χ0n) is 13.2. The molecule has 0 bridgehead atoms. The minimum absolute atomic E-state index is 0.0864. The third-order valence-corrected chi connectivity index (χ3v) is 7.50. The van der Waals surface area contributed by atoms with Crippen LogP contribution in [-0.2, 0) is 0 Å². The second-order valence-electron chi connectivity index (χ2n) is 8.30. The fourth-order valence-electron chi connectivity index (χ4n) is 6.10. The van der Waals surface area contributed by atoms with Crippen molar-refractivity contribution in [3.63, 3.8) is 0 Å². The van der Waals surface area contributed by atoms with E-state index in [1.165, 1.54) is 31.3 Å². The molecule has 0 aromatic carbocycles. The van der Waals surface area contributed by atoms with Crippen molar-refractivity contribution in [1.29, 1.82) is 5.41 Å². The lowest BCUT2D eigenvalue weighted by atomic mass is 9.49. The second kappa shape index (κ2) is 4.32. The summed E-state index contributed by atoms with van der Waals surface area (Å²) in [6.07, 6.45) is 13.3. The molecule has 0 aromatic heterocycles. The van der Waals surface area contributed by atoms with Gasteiger partial charge in [-0.25, -0.2) is 0 Å². The summed E-state index contributed by atoms with van der Waals surface area (Å²) >= 11 is 0. The van der Waals surface area contributed by atoms with Crippen molar-refractivity contribution in [1.82, 2.24) is 0 Å². The molecule has 114 valence electrons. The largest absolute Gasteiger partial charge is 0.393 e. The molecule has 0 aromatic rings. The van der Waals surface area contributed by atoms with Gasteiger partial charge in [-0.15, -0.1) is 0 Å². The van der Waals surface area contributed by atoms with Crippen LogP contribution in [0.5, 0.6) is 0 Å². The number of aliphatic hydroxyl groups excluding tert-OH is 1. The molecule has 21 heavy (non-hydrogen) atoms. The van der Waals surface area contributed by atoms with Crippen molar-refractivity contribution in [3.05, 3.63) is 23.8 Å². The smallest absolute Gasteiger partial charge is 0.0596 e. The Labute approximate surface area is 127 Å². The first-order valence-electron chi connectivity index (χ1n) is 8.59. The molecule has 0 radical (unpaired) electrons. The third kappa shape index (κ3) is 1.72. The molecular weight excluding hydrogens is 258 g/mol. The maximum Gasteiger partial charge on any atom is 0.0596 e. The van der Waals surface area contributed by atoms with Gasteiger partial charge in [0, 0.05) is 17.5 Å². The SMILES string of the molecule is C[C@]12C=CC(=N)CC1=CC[C@@H]1[C@H]2CC[C@]2(C)C(O)CC[C@@H]12. The summed E-state index contributed by atoms with van der Waals surface area (Å²) in [4.78, 5) is 0. The normalized spacial score (nSPS) is 52.0. The maximum atomic E-state index is 10.4. The number of rotatable bonds is 0. The Morgan fingerprint density at radius 1 is 1.19 bits per heavy atom. The molecule has 4 rings (SSSR count). The lowest BCUT2D eigenvalue weighted by Crippen LogP contribution is -2.49. The molecule has 2 N–H and O–H groups in total. The van der Waals surface area contributed by atoms with Gasteiger partial charge in [-0.05, 0) is 61.3 Å². The van der Waals surface area contributed by atoms with Crippen molar-refractivity contribution >= 4 is 5.71 Å². The zero-order chi connectivity index (χ0) is 14.8. The fourth-order valence-corrected chi connectivity index (χ4v) is 6.10. The van der Waals surface area contributed by atoms with Gasteiger partial charge in [0.2, 0.25) is 0 Å². The summed E-state index contributed by atoms with van der Waals surface area (Å²) in [5, 5.41) is 18.4. The highest BCUT2D eigenvalue weighted by Crippen LogP contribution is 2.63. The first-order valence-corrected chi connectivity index (χ1v) is 8.59. The predicted octanol–water partition coefficient (Wildman–Crippen LogP) is 4.11. The second-order valence-corrected chi connectivity index (χ2v) is 8.30. The van der Waals surface area contributed by atoms with E-state index in [2.05, 4.69) is 26.0 Å². The summed E-state index contributed by atoms with van der Waals surface area (Å²) in [5.41, 5.74) is 2.57. The summed E-state index contributed by atoms with van der Waals surface area (Å²) in [7, 11) is 0. The molecule has 2 heteroatoms. The molecule has 0 saturated heterocycles. The molecule has 6 atom stereocenters. The van der Waals surface area contributed by atoms with Crippen LogP contribution in [0.1, 0.15) is 52.4 Å². The minimum Gasteiger partial charge on any atom is -0.393 e. The molecule has 4 aliphatic carbocycles. The predicted molar refractivity (Wildman–Crippen MR) is 85.3 cm³/mol. The van der Waals surface area contributed by atoms with E-state index in [0.29, 0.717) is 11.8 Å². The number of nitrogens with one attached hydrogen (secondary N) is 1. The Morgan fingerprint density at radius 2 is 2.00 bits per heavy atom. The molecule has 0 amide bonds. The van der Waals surface area contributed by atoms with Gasteiger partial charge in [0.1, 0.15) is 0 Å². The van der Waals surface area contributed by atoms with Gasteiger partial charge < -0.3 is 10.5 Å². The molecule has 0 aliphatic heterocycles. The summed E-state index contributed by atoms with van der Waals surface area (Å²) < 4.78 is 0. The van der Waals surface area contributed by atoms with E-state index >= 15 is 0 Å². The molecule has 4 aliphatic rings. The van der Waals surface area contributed by atoms with Gasteiger partial charge in [0.05, 0.1) is 6.10 Å². The maximum absolute atomic E-state index is 10.4. The Kier molecular flexibility index (Phi) is 2.83. The van der Waals surface area contributed by atoms with E-state index in [0.717, 1.165) is 24.5 Å². The van der Waals surface area contributed by atoms with Crippen molar-refractivity contribution in [2.45, 2.75) is 58.5 Å². The number of hydrogen-bond acceptors (Lipinski definition) is 2. The van der Waals surface area contributed by atoms with Crippen LogP contribution < -0.4 is 0 Å². The minimum atomic E-state index is -0.0864. The van der Waals surface area contributed by atoms with Gasteiger partial charge in [-0.1, -0.05) is 31.6 Å². The van der Waals surface area contributed by atoms with Crippen molar-refractivity contribution in [2.75, 3.05) is 0 Å². The molecule has 1 unspecified atom stereocenters. The van der Waals surface area contributed by atoms with Gasteiger partial charge in [-0.2, -0.15) is 0 Å².